The van der Waals surface area contributed by atoms with Crippen LogP contribution in [0.3, 0.4) is 0 Å². The molecule has 0 spiro atoms. The zero-order valence-corrected chi connectivity index (χ0v) is 13.2. The van der Waals surface area contributed by atoms with Gasteiger partial charge in [-0.25, -0.2) is 0 Å². The molecule has 3 rings (SSSR count). The number of hydrogen-bond acceptors (Lipinski definition) is 3. The highest BCUT2D eigenvalue weighted by atomic mass is 16.5. The van der Waals surface area contributed by atoms with Crippen molar-refractivity contribution in [3.8, 4) is 5.75 Å². The SMILES string of the molecule is CC(C)COc1ccc([C@@H]2CC(=O)Nc3c2cnn3C)cc1. The fraction of sp³-hybridized carbons (Fsp3) is 0.412. The lowest BCUT2D eigenvalue weighted by atomic mass is 9.87. The number of ether oxygens (including phenoxy) is 1. The molecular formula is C17H21N3O2. The monoisotopic (exact) mass is 299 g/mol. The van der Waals surface area contributed by atoms with E-state index in [2.05, 4.69) is 24.3 Å². The molecule has 1 aliphatic heterocycles. The summed E-state index contributed by atoms with van der Waals surface area (Å²) in [7, 11) is 1.84. The van der Waals surface area contributed by atoms with Crippen molar-refractivity contribution < 1.29 is 9.53 Å². The van der Waals surface area contributed by atoms with E-state index in [0.29, 0.717) is 18.9 Å². The molecule has 116 valence electrons. The first kappa shape index (κ1) is 14.6. The molecule has 2 aromatic rings. The molecule has 1 aromatic heterocycles. The number of nitrogens with zero attached hydrogens (tertiary/aromatic N) is 2. The Labute approximate surface area is 130 Å². The highest BCUT2D eigenvalue weighted by Crippen LogP contribution is 2.37. The first-order valence-corrected chi connectivity index (χ1v) is 7.59. The third-order valence-electron chi connectivity index (χ3n) is 3.86. The van der Waals surface area contributed by atoms with Gasteiger partial charge in [-0.3, -0.25) is 9.48 Å². The Morgan fingerprint density at radius 2 is 2.09 bits per heavy atom. The van der Waals surface area contributed by atoms with Crippen LogP contribution in [0, 0.1) is 5.92 Å². The van der Waals surface area contributed by atoms with Gasteiger partial charge in [-0.1, -0.05) is 26.0 Å². The molecule has 5 heteroatoms. The van der Waals surface area contributed by atoms with Crippen LogP contribution in [0.15, 0.2) is 30.5 Å². The lowest BCUT2D eigenvalue weighted by Gasteiger charge is -2.23. The lowest BCUT2D eigenvalue weighted by molar-refractivity contribution is -0.116. The lowest BCUT2D eigenvalue weighted by Crippen LogP contribution is -2.24. The Hall–Kier alpha value is -2.30. The minimum atomic E-state index is 0.0289. The molecule has 1 atom stereocenters. The second-order valence-electron chi connectivity index (χ2n) is 6.15. The van der Waals surface area contributed by atoms with Crippen LogP contribution in [0.25, 0.3) is 0 Å². The maximum atomic E-state index is 11.9. The van der Waals surface area contributed by atoms with Crippen molar-refractivity contribution in [2.45, 2.75) is 26.2 Å². The maximum Gasteiger partial charge on any atom is 0.226 e. The molecule has 0 bridgehead atoms. The van der Waals surface area contributed by atoms with Gasteiger partial charge >= 0.3 is 0 Å². The van der Waals surface area contributed by atoms with E-state index in [1.807, 2.05) is 37.5 Å². The zero-order chi connectivity index (χ0) is 15.7. The summed E-state index contributed by atoms with van der Waals surface area (Å²) in [6, 6.07) is 8.02. The van der Waals surface area contributed by atoms with E-state index in [-0.39, 0.29) is 11.8 Å². The summed E-state index contributed by atoms with van der Waals surface area (Å²) < 4.78 is 7.42. The topological polar surface area (TPSA) is 56.1 Å². The Kier molecular flexibility index (Phi) is 3.88. The first-order valence-electron chi connectivity index (χ1n) is 7.59. The standard InChI is InChI=1S/C17H21N3O2/c1-11(2)10-22-13-6-4-12(5-7-13)14-8-16(21)19-17-15(14)9-18-20(17)3/h4-7,9,11,14H,8,10H2,1-3H3,(H,19,21)/t14-/m0/s1. The molecule has 22 heavy (non-hydrogen) atoms. The molecule has 1 amide bonds. The van der Waals surface area contributed by atoms with Gasteiger partial charge in [-0.05, 0) is 23.6 Å². The van der Waals surface area contributed by atoms with Crippen LogP contribution >= 0.6 is 0 Å². The van der Waals surface area contributed by atoms with Crippen LogP contribution in [-0.4, -0.2) is 22.3 Å². The highest BCUT2D eigenvalue weighted by Gasteiger charge is 2.29. The number of benzene rings is 1. The predicted molar refractivity (Wildman–Crippen MR) is 85.1 cm³/mol. The molecule has 1 aliphatic rings. The number of amides is 1. The summed E-state index contributed by atoms with van der Waals surface area (Å²) >= 11 is 0. The maximum absolute atomic E-state index is 11.9. The number of hydrogen-bond donors (Lipinski definition) is 1. The zero-order valence-electron chi connectivity index (χ0n) is 13.2. The number of aromatic nitrogens is 2. The second kappa shape index (κ2) is 5.83. The summed E-state index contributed by atoms with van der Waals surface area (Å²) in [4.78, 5) is 11.9. The normalized spacial score (nSPS) is 17.3. The van der Waals surface area contributed by atoms with E-state index in [1.165, 1.54) is 0 Å². The van der Waals surface area contributed by atoms with E-state index in [4.69, 9.17) is 4.74 Å². The van der Waals surface area contributed by atoms with Crippen LogP contribution in [-0.2, 0) is 11.8 Å². The number of carbonyl (C=O) groups excluding carboxylic acids is 1. The third kappa shape index (κ3) is 2.84. The molecule has 0 saturated carbocycles. The first-order chi connectivity index (χ1) is 10.5. The molecule has 1 N–H and O–H groups in total. The molecule has 0 radical (unpaired) electrons. The van der Waals surface area contributed by atoms with Gasteiger partial charge in [0.15, 0.2) is 0 Å². The van der Waals surface area contributed by atoms with Crippen LogP contribution in [0.4, 0.5) is 5.82 Å². The summed E-state index contributed by atoms with van der Waals surface area (Å²) in [5, 5.41) is 7.14. The third-order valence-corrected chi connectivity index (χ3v) is 3.86. The number of aryl methyl sites for hydroxylation is 1. The molecule has 0 unspecified atom stereocenters. The quantitative estimate of drug-likeness (QED) is 0.944. The van der Waals surface area contributed by atoms with Crippen molar-refractivity contribution in [2.75, 3.05) is 11.9 Å². The van der Waals surface area contributed by atoms with Crippen molar-refractivity contribution in [3.05, 3.63) is 41.6 Å². The predicted octanol–water partition coefficient (Wildman–Crippen LogP) is 2.93. The summed E-state index contributed by atoms with van der Waals surface area (Å²) in [6.45, 7) is 4.95. The van der Waals surface area contributed by atoms with Gasteiger partial charge in [0.1, 0.15) is 11.6 Å². The largest absolute Gasteiger partial charge is 0.493 e. The van der Waals surface area contributed by atoms with E-state index >= 15 is 0 Å². The van der Waals surface area contributed by atoms with Crippen LogP contribution in [0.1, 0.15) is 37.3 Å². The van der Waals surface area contributed by atoms with Gasteiger partial charge in [0.25, 0.3) is 0 Å². The van der Waals surface area contributed by atoms with Gasteiger partial charge < -0.3 is 10.1 Å². The fourth-order valence-electron chi connectivity index (χ4n) is 2.70. The van der Waals surface area contributed by atoms with E-state index < -0.39 is 0 Å². The second-order valence-corrected chi connectivity index (χ2v) is 6.15. The smallest absolute Gasteiger partial charge is 0.226 e. The molecule has 0 aliphatic carbocycles. The highest BCUT2D eigenvalue weighted by molar-refractivity contribution is 5.94. The Bertz CT molecular complexity index is 674. The van der Waals surface area contributed by atoms with Gasteiger partial charge in [0.2, 0.25) is 5.91 Å². The van der Waals surface area contributed by atoms with Crippen LogP contribution in [0.2, 0.25) is 0 Å². The van der Waals surface area contributed by atoms with E-state index in [1.54, 1.807) is 4.68 Å². The van der Waals surface area contributed by atoms with Crippen molar-refractivity contribution in [3.63, 3.8) is 0 Å². The molecule has 2 heterocycles. The molecular weight excluding hydrogens is 278 g/mol. The number of nitrogens with one attached hydrogen (secondary N) is 1. The summed E-state index contributed by atoms with van der Waals surface area (Å²) in [5.41, 5.74) is 2.18. The molecule has 0 fully saturated rings. The summed E-state index contributed by atoms with van der Waals surface area (Å²) in [5.74, 6) is 2.24. The molecule has 1 aromatic carbocycles. The number of carbonyl (C=O) groups is 1. The van der Waals surface area contributed by atoms with Gasteiger partial charge in [0, 0.05) is 24.9 Å². The average Bonchev–Trinajstić information content (AvgIpc) is 2.86. The number of rotatable bonds is 4. The molecule has 5 nitrogen and oxygen atoms in total. The number of fused-ring (bicyclic) bond motifs is 1. The van der Waals surface area contributed by atoms with Gasteiger partial charge in [0.05, 0.1) is 12.8 Å². The Morgan fingerprint density at radius 1 is 1.36 bits per heavy atom. The number of anilines is 1. The van der Waals surface area contributed by atoms with Crippen molar-refractivity contribution in [1.29, 1.82) is 0 Å². The minimum absolute atomic E-state index is 0.0289. The van der Waals surface area contributed by atoms with Crippen LogP contribution < -0.4 is 10.1 Å². The molecule has 0 saturated heterocycles. The van der Waals surface area contributed by atoms with Gasteiger partial charge in [-0.15, -0.1) is 0 Å². The fourth-order valence-corrected chi connectivity index (χ4v) is 2.70. The Morgan fingerprint density at radius 3 is 2.77 bits per heavy atom. The van der Waals surface area contributed by atoms with Crippen LogP contribution in [0.5, 0.6) is 5.75 Å². The van der Waals surface area contributed by atoms with Gasteiger partial charge in [-0.2, -0.15) is 5.10 Å². The van der Waals surface area contributed by atoms with E-state index in [9.17, 15) is 4.79 Å². The van der Waals surface area contributed by atoms with E-state index in [0.717, 1.165) is 22.7 Å². The summed E-state index contributed by atoms with van der Waals surface area (Å²) in [6.07, 6.45) is 2.29. The van der Waals surface area contributed by atoms with Crippen molar-refractivity contribution >= 4 is 11.7 Å². The average molecular weight is 299 g/mol. The minimum Gasteiger partial charge on any atom is -0.493 e. The van der Waals surface area contributed by atoms with Crippen molar-refractivity contribution in [2.24, 2.45) is 13.0 Å². The Balaban J connectivity index is 1.83. The van der Waals surface area contributed by atoms with Crippen molar-refractivity contribution in [1.82, 2.24) is 9.78 Å².